The number of piperidine rings is 1. The predicted molar refractivity (Wildman–Crippen MR) is 96.6 cm³/mol. The number of fused-ring (bicyclic) bond motifs is 1. The average molecular weight is 356 g/mol. The van der Waals surface area contributed by atoms with E-state index in [2.05, 4.69) is 15.0 Å². The van der Waals surface area contributed by atoms with Crippen molar-refractivity contribution in [3.8, 4) is 0 Å². The lowest BCUT2D eigenvalue weighted by Crippen LogP contribution is -2.37. The molecule has 1 fully saturated rings. The van der Waals surface area contributed by atoms with Crippen LogP contribution < -0.4 is 10.6 Å². The Morgan fingerprint density at radius 3 is 2.77 bits per heavy atom. The van der Waals surface area contributed by atoms with Crippen LogP contribution in [0.5, 0.6) is 0 Å². The maximum Gasteiger partial charge on any atom is 0.330 e. The van der Waals surface area contributed by atoms with Crippen LogP contribution in [-0.2, 0) is 13.1 Å². The van der Waals surface area contributed by atoms with Crippen LogP contribution in [0.3, 0.4) is 0 Å². The molecule has 0 unspecified atom stereocenters. The fraction of sp³-hybridized carbons (Fsp3) is 0.444. The van der Waals surface area contributed by atoms with E-state index in [0.717, 1.165) is 24.0 Å². The number of anilines is 1. The normalized spacial score (nSPS) is 15.7. The van der Waals surface area contributed by atoms with Crippen LogP contribution >= 0.6 is 0 Å². The minimum absolute atomic E-state index is 0.00882. The van der Waals surface area contributed by atoms with Crippen LogP contribution in [0.4, 0.5) is 10.2 Å². The smallest absolute Gasteiger partial charge is 0.330 e. The summed E-state index contributed by atoms with van der Waals surface area (Å²) >= 11 is 0. The standard InChI is InChI=1S/C18H21FN6O/c1-2-24-15-4-3-7-21-17(15)25(18(24)26)11-13-5-8-23(9-6-13)16-14(19)10-20-12-22-16/h3-4,7,10,12-13H,2,5-6,8-9,11H2,1H3. The molecule has 136 valence electrons. The fourth-order valence-electron chi connectivity index (χ4n) is 3.74. The van der Waals surface area contributed by atoms with E-state index in [9.17, 15) is 9.18 Å². The summed E-state index contributed by atoms with van der Waals surface area (Å²) in [6.07, 6.45) is 6.04. The third kappa shape index (κ3) is 2.85. The maximum absolute atomic E-state index is 13.9. The monoisotopic (exact) mass is 356 g/mol. The number of imidazole rings is 1. The largest absolute Gasteiger partial charge is 0.354 e. The molecule has 7 nitrogen and oxygen atoms in total. The quantitative estimate of drug-likeness (QED) is 0.716. The Balaban J connectivity index is 1.52. The van der Waals surface area contributed by atoms with Crippen LogP contribution in [0.2, 0.25) is 0 Å². The highest BCUT2D eigenvalue weighted by atomic mass is 19.1. The van der Waals surface area contributed by atoms with Crippen molar-refractivity contribution in [1.82, 2.24) is 24.1 Å². The van der Waals surface area contributed by atoms with Crippen molar-refractivity contribution < 1.29 is 4.39 Å². The summed E-state index contributed by atoms with van der Waals surface area (Å²) in [5, 5.41) is 0. The first-order chi connectivity index (χ1) is 12.7. The number of hydrogen-bond donors (Lipinski definition) is 0. The highest BCUT2D eigenvalue weighted by Gasteiger charge is 2.24. The zero-order valence-corrected chi connectivity index (χ0v) is 14.7. The molecule has 0 radical (unpaired) electrons. The van der Waals surface area contributed by atoms with Gasteiger partial charge >= 0.3 is 5.69 Å². The van der Waals surface area contributed by atoms with E-state index in [-0.39, 0.29) is 5.69 Å². The van der Waals surface area contributed by atoms with Crippen molar-refractivity contribution in [2.45, 2.75) is 32.9 Å². The Morgan fingerprint density at radius 2 is 2.04 bits per heavy atom. The second-order valence-electron chi connectivity index (χ2n) is 6.61. The van der Waals surface area contributed by atoms with Crippen molar-refractivity contribution in [3.63, 3.8) is 0 Å². The van der Waals surface area contributed by atoms with Crippen LogP contribution in [0.1, 0.15) is 19.8 Å². The molecule has 8 heteroatoms. The number of nitrogens with zero attached hydrogens (tertiary/aromatic N) is 6. The molecule has 1 aliphatic heterocycles. The Bertz CT molecular complexity index is 973. The summed E-state index contributed by atoms with van der Waals surface area (Å²) in [7, 11) is 0. The first-order valence-electron chi connectivity index (χ1n) is 8.93. The topological polar surface area (TPSA) is 68.8 Å². The lowest BCUT2D eigenvalue weighted by Gasteiger charge is -2.32. The van der Waals surface area contributed by atoms with Crippen molar-refractivity contribution in [3.05, 3.63) is 47.2 Å². The zero-order valence-electron chi connectivity index (χ0n) is 14.7. The Kier molecular flexibility index (Phi) is 4.40. The molecule has 0 N–H and O–H groups in total. The van der Waals surface area contributed by atoms with E-state index in [1.54, 1.807) is 15.3 Å². The van der Waals surface area contributed by atoms with Crippen molar-refractivity contribution in [2.24, 2.45) is 5.92 Å². The molecule has 3 aromatic heterocycles. The van der Waals surface area contributed by atoms with Crippen LogP contribution in [0, 0.1) is 11.7 Å². The van der Waals surface area contributed by atoms with Gasteiger partial charge in [-0.25, -0.2) is 24.1 Å². The summed E-state index contributed by atoms with van der Waals surface area (Å²) in [4.78, 5) is 26.8. The Hall–Kier alpha value is -2.77. The predicted octanol–water partition coefficient (Wildman–Crippen LogP) is 2.06. The van der Waals surface area contributed by atoms with Gasteiger partial charge in [-0.05, 0) is 37.8 Å². The van der Waals surface area contributed by atoms with Gasteiger partial charge in [0.15, 0.2) is 17.3 Å². The maximum atomic E-state index is 13.9. The van der Waals surface area contributed by atoms with Crippen LogP contribution in [0.25, 0.3) is 11.2 Å². The SMILES string of the molecule is CCn1c(=O)n(CC2CCN(c3ncncc3F)CC2)c2ncccc21. The molecular weight excluding hydrogens is 335 g/mol. The zero-order chi connectivity index (χ0) is 18.1. The Morgan fingerprint density at radius 1 is 1.23 bits per heavy atom. The van der Waals surface area contributed by atoms with E-state index in [1.165, 1.54) is 12.5 Å². The second kappa shape index (κ2) is 6.86. The van der Waals surface area contributed by atoms with Gasteiger partial charge in [0.05, 0.1) is 11.7 Å². The van der Waals surface area contributed by atoms with Gasteiger partial charge in [-0.2, -0.15) is 0 Å². The van der Waals surface area contributed by atoms with Crippen molar-refractivity contribution in [1.29, 1.82) is 0 Å². The number of aryl methyl sites for hydroxylation is 1. The number of rotatable bonds is 4. The van der Waals surface area contributed by atoms with Crippen LogP contribution in [-0.4, -0.2) is 37.2 Å². The first kappa shape index (κ1) is 16.7. The molecule has 3 aromatic rings. The van der Waals surface area contributed by atoms with E-state index < -0.39 is 5.82 Å². The third-order valence-corrected chi connectivity index (χ3v) is 5.09. The van der Waals surface area contributed by atoms with Gasteiger partial charge in [0, 0.05) is 32.4 Å². The lowest BCUT2D eigenvalue weighted by atomic mass is 9.96. The number of halogens is 1. The molecule has 0 aliphatic carbocycles. The van der Waals surface area contributed by atoms with E-state index in [4.69, 9.17) is 0 Å². The van der Waals surface area contributed by atoms with E-state index in [0.29, 0.717) is 37.9 Å². The summed E-state index contributed by atoms with van der Waals surface area (Å²) in [5.41, 5.74) is 1.61. The fourth-order valence-corrected chi connectivity index (χ4v) is 3.74. The van der Waals surface area contributed by atoms with Gasteiger partial charge in [-0.1, -0.05) is 0 Å². The molecule has 1 aliphatic rings. The lowest BCUT2D eigenvalue weighted by molar-refractivity contribution is 0.351. The molecule has 0 bridgehead atoms. The molecule has 0 aromatic carbocycles. The molecule has 26 heavy (non-hydrogen) atoms. The van der Waals surface area contributed by atoms with Gasteiger partial charge in [0.1, 0.15) is 6.33 Å². The molecule has 0 atom stereocenters. The second-order valence-corrected chi connectivity index (χ2v) is 6.61. The molecule has 0 spiro atoms. The van der Waals surface area contributed by atoms with Crippen molar-refractivity contribution >= 4 is 17.0 Å². The van der Waals surface area contributed by atoms with Crippen LogP contribution in [0.15, 0.2) is 35.6 Å². The molecule has 0 amide bonds. The molecular formula is C18H21FN6O. The van der Waals surface area contributed by atoms with Gasteiger partial charge in [-0.3, -0.25) is 9.13 Å². The summed E-state index contributed by atoms with van der Waals surface area (Å²) in [6.45, 7) is 4.66. The highest BCUT2D eigenvalue weighted by molar-refractivity contribution is 5.71. The van der Waals surface area contributed by atoms with E-state index >= 15 is 0 Å². The van der Waals surface area contributed by atoms with Gasteiger partial charge in [0.25, 0.3) is 0 Å². The van der Waals surface area contributed by atoms with Gasteiger partial charge < -0.3 is 4.90 Å². The highest BCUT2D eigenvalue weighted by Crippen LogP contribution is 2.25. The average Bonchev–Trinajstić information content (AvgIpc) is 2.94. The van der Waals surface area contributed by atoms with E-state index in [1.807, 2.05) is 24.0 Å². The number of aromatic nitrogens is 5. The minimum Gasteiger partial charge on any atom is -0.354 e. The molecule has 4 heterocycles. The third-order valence-electron chi connectivity index (χ3n) is 5.09. The van der Waals surface area contributed by atoms with Crippen molar-refractivity contribution in [2.75, 3.05) is 18.0 Å². The van der Waals surface area contributed by atoms with Gasteiger partial charge in [0.2, 0.25) is 0 Å². The molecule has 4 rings (SSSR count). The summed E-state index contributed by atoms with van der Waals surface area (Å²) in [5.74, 6) is 0.323. The Labute approximate surface area is 150 Å². The first-order valence-corrected chi connectivity index (χ1v) is 8.93. The van der Waals surface area contributed by atoms with Gasteiger partial charge in [-0.15, -0.1) is 0 Å². The molecule has 0 saturated carbocycles. The number of hydrogen-bond acceptors (Lipinski definition) is 5. The molecule has 1 saturated heterocycles. The minimum atomic E-state index is -0.391. The number of pyridine rings is 1. The summed E-state index contributed by atoms with van der Waals surface area (Å²) in [6, 6.07) is 3.79. The summed E-state index contributed by atoms with van der Waals surface area (Å²) < 4.78 is 17.4.